The van der Waals surface area contributed by atoms with Crippen LogP contribution in [-0.4, -0.2) is 52.9 Å². The Kier molecular flexibility index (Phi) is 6.34. The summed E-state index contributed by atoms with van der Waals surface area (Å²) in [5.74, 6) is 0.137. The van der Waals surface area contributed by atoms with Crippen LogP contribution in [-0.2, 0) is 0 Å². The molecule has 0 spiro atoms. The summed E-state index contributed by atoms with van der Waals surface area (Å²) in [6.07, 6.45) is 7.56. The number of nitrogens with zero attached hydrogens (tertiary/aromatic N) is 3. The van der Waals surface area contributed by atoms with Crippen molar-refractivity contribution in [1.82, 2.24) is 14.8 Å². The molecule has 0 bridgehead atoms. The number of piperidine rings is 1. The molecule has 0 radical (unpaired) electrons. The van der Waals surface area contributed by atoms with Gasteiger partial charge in [0.05, 0.1) is 5.69 Å². The van der Waals surface area contributed by atoms with Gasteiger partial charge in [0.15, 0.2) is 0 Å². The molecule has 3 heterocycles. The van der Waals surface area contributed by atoms with Gasteiger partial charge in [-0.25, -0.2) is 4.98 Å². The summed E-state index contributed by atoms with van der Waals surface area (Å²) >= 11 is 7.59. The molecule has 150 valence electrons. The average Bonchev–Trinajstić information content (AvgIpc) is 2.91. The Morgan fingerprint density at radius 1 is 1.11 bits per heavy atom. The van der Waals surface area contributed by atoms with Gasteiger partial charge >= 0.3 is 0 Å². The molecule has 1 aromatic heterocycles. The van der Waals surface area contributed by atoms with Crippen molar-refractivity contribution >= 4 is 28.8 Å². The van der Waals surface area contributed by atoms with E-state index in [4.69, 9.17) is 11.6 Å². The molecule has 0 atom stereocenters. The van der Waals surface area contributed by atoms with Crippen LogP contribution in [0.4, 0.5) is 0 Å². The molecule has 0 aliphatic carbocycles. The van der Waals surface area contributed by atoms with Gasteiger partial charge in [0.1, 0.15) is 9.88 Å². The highest BCUT2D eigenvalue weighted by atomic mass is 35.5. The highest BCUT2D eigenvalue weighted by Crippen LogP contribution is 2.31. The van der Waals surface area contributed by atoms with Crippen LogP contribution in [0.1, 0.15) is 53.9 Å². The molecule has 4 rings (SSSR count). The first-order valence-electron chi connectivity index (χ1n) is 10.4. The standard InChI is InChI=1S/C22H28ClN3OS/c1-16-20(28-21(24-16)17-7-6-8-18(23)15-17)22(27)26-13-9-19(10-14-26)25-11-4-2-3-5-12-25/h6-8,15,19H,2-5,9-14H2,1H3. The predicted molar refractivity (Wildman–Crippen MR) is 116 cm³/mol. The van der Waals surface area contributed by atoms with Crippen LogP contribution in [0.5, 0.6) is 0 Å². The van der Waals surface area contributed by atoms with Crippen LogP contribution in [0, 0.1) is 6.92 Å². The predicted octanol–water partition coefficient (Wildman–Crippen LogP) is 5.25. The Bertz CT molecular complexity index is 821. The summed E-state index contributed by atoms with van der Waals surface area (Å²) in [6.45, 7) is 6.10. The smallest absolute Gasteiger partial charge is 0.265 e. The fourth-order valence-corrected chi connectivity index (χ4v) is 5.60. The van der Waals surface area contributed by atoms with Crippen molar-refractivity contribution in [2.24, 2.45) is 0 Å². The van der Waals surface area contributed by atoms with E-state index < -0.39 is 0 Å². The number of thiazole rings is 1. The first-order chi connectivity index (χ1) is 13.6. The van der Waals surface area contributed by atoms with Crippen LogP contribution in [0.15, 0.2) is 24.3 Å². The number of rotatable bonds is 3. The maximum absolute atomic E-state index is 13.1. The van der Waals surface area contributed by atoms with E-state index >= 15 is 0 Å². The van der Waals surface area contributed by atoms with Crippen LogP contribution in [0.25, 0.3) is 10.6 Å². The Hall–Kier alpha value is -1.43. The number of amides is 1. The second-order valence-corrected chi connectivity index (χ2v) is 9.35. The lowest BCUT2D eigenvalue weighted by molar-refractivity contribution is 0.0626. The first-order valence-corrected chi connectivity index (χ1v) is 11.6. The Balaban J connectivity index is 1.41. The SMILES string of the molecule is Cc1nc(-c2cccc(Cl)c2)sc1C(=O)N1CCC(N2CCCCCC2)CC1. The lowest BCUT2D eigenvalue weighted by atomic mass is 10.0. The van der Waals surface area contributed by atoms with Crippen molar-refractivity contribution in [3.05, 3.63) is 39.9 Å². The fraction of sp³-hybridized carbons (Fsp3) is 0.545. The molecule has 2 aromatic rings. The molecular weight excluding hydrogens is 390 g/mol. The molecule has 0 N–H and O–H groups in total. The van der Waals surface area contributed by atoms with Crippen LogP contribution < -0.4 is 0 Å². The molecule has 2 aliphatic rings. The summed E-state index contributed by atoms with van der Waals surface area (Å²) < 4.78 is 0. The minimum atomic E-state index is 0.137. The maximum Gasteiger partial charge on any atom is 0.265 e. The van der Waals surface area contributed by atoms with Crippen molar-refractivity contribution in [1.29, 1.82) is 0 Å². The van der Waals surface area contributed by atoms with Crippen LogP contribution in [0.3, 0.4) is 0 Å². The third-order valence-corrected chi connectivity index (χ3v) is 7.40. The molecule has 2 saturated heterocycles. The summed E-state index contributed by atoms with van der Waals surface area (Å²) in [7, 11) is 0. The average molecular weight is 418 g/mol. The molecular formula is C22H28ClN3OS. The monoisotopic (exact) mass is 417 g/mol. The number of aryl methyl sites for hydroxylation is 1. The topological polar surface area (TPSA) is 36.4 Å². The van der Waals surface area contributed by atoms with Crippen molar-refractivity contribution < 1.29 is 4.79 Å². The lowest BCUT2D eigenvalue weighted by Crippen LogP contribution is -2.47. The third kappa shape index (κ3) is 4.42. The summed E-state index contributed by atoms with van der Waals surface area (Å²) in [5, 5.41) is 1.55. The number of hydrogen-bond donors (Lipinski definition) is 0. The molecule has 28 heavy (non-hydrogen) atoms. The fourth-order valence-electron chi connectivity index (χ4n) is 4.38. The van der Waals surface area contributed by atoms with E-state index in [0.717, 1.165) is 47.1 Å². The Morgan fingerprint density at radius 2 is 1.82 bits per heavy atom. The van der Waals surface area contributed by atoms with E-state index in [-0.39, 0.29) is 5.91 Å². The van der Waals surface area contributed by atoms with Crippen molar-refractivity contribution in [3.8, 4) is 10.6 Å². The van der Waals surface area contributed by atoms with E-state index in [1.54, 1.807) is 0 Å². The molecule has 6 heteroatoms. The van der Waals surface area contributed by atoms with Gasteiger partial charge in [0.25, 0.3) is 5.91 Å². The van der Waals surface area contributed by atoms with Gasteiger partial charge < -0.3 is 9.80 Å². The quantitative estimate of drug-likeness (QED) is 0.684. The van der Waals surface area contributed by atoms with E-state index in [0.29, 0.717) is 11.1 Å². The van der Waals surface area contributed by atoms with Crippen molar-refractivity contribution in [2.45, 2.75) is 51.5 Å². The van der Waals surface area contributed by atoms with E-state index in [1.165, 1.54) is 50.1 Å². The first kappa shape index (κ1) is 19.9. The summed E-state index contributed by atoms with van der Waals surface area (Å²) in [5.41, 5.74) is 1.79. The zero-order valence-corrected chi connectivity index (χ0v) is 18.1. The Labute approximate surface area is 176 Å². The van der Waals surface area contributed by atoms with Crippen LogP contribution >= 0.6 is 22.9 Å². The highest BCUT2D eigenvalue weighted by molar-refractivity contribution is 7.17. The minimum absolute atomic E-state index is 0.137. The molecule has 1 aromatic carbocycles. The number of carbonyl (C=O) groups is 1. The number of carbonyl (C=O) groups excluding carboxylic acids is 1. The Morgan fingerprint density at radius 3 is 2.50 bits per heavy atom. The van der Waals surface area contributed by atoms with Crippen molar-refractivity contribution in [3.63, 3.8) is 0 Å². The molecule has 1 amide bonds. The van der Waals surface area contributed by atoms with Gasteiger partial charge in [-0.05, 0) is 57.8 Å². The van der Waals surface area contributed by atoms with Gasteiger partial charge in [-0.3, -0.25) is 4.79 Å². The van der Waals surface area contributed by atoms with Crippen molar-refractivity contribution in [2.75, 3.05) is 26.2 Å². The maximum atomic E-state index is 13.1. The van der Waals surface area contributed by atoms with Gasteiger partial charge in [-0.2, -0.15) is 0 Å². The highest BCUT2D eigenvalue weighted by Gasteiger charge is 2.29. The van der Waals surface area contributed by atoms with Gasteiger partial charge in [0, 0.05) is 29.7 Å². The van der Waals surface area contributed by atoms with Gasteiger partial charge in [-0.1, -0.05) is 36.6 Å². The number of benzene rings is 1. The van der Waals surface area contributed by atoms with Gasteiger partial charge in [-0.15, -0.1) is 11.3 Å². The summed E-state index contributed by atoms with van der Waals surface area (Å²) in [6, 6.07) is 8.31. The second kappa shape index (κ2) is 8.93. The minimum Gasteiger partial charge on any atom is -0.338 e. The number of halogens is 1. The zero-order valence-electron chi connectivity index (χ0n) is 16.5. The molecule has 2 fully saturated rings. The van der Waals surface area contributed by atoms with E-state index in [9.17, 15) is 4.79 Å². The number of likely N-dealkylation sites (tertiary alicyclic amines) is 2. The molecule has 4 nitrogen and oxygen atoms in total. The second-order valence-electron chi connectivity index (χ2n) is 7.92. The van der Waals surface area contributed by atoms with Crippen LogP contribution in [0.2, 0.25) is 5.02 Å². The zero-order chi connectivity index (χ0) is 19.5. The number of aromatic nitrogens is 1. The lowest BCUT2D eigenvalue weighted by Gasteiger charge is -2.38. The molecule has 0 saturated carbocycles. The summed E-state index contributed by atoms with van der Waals surface area (Å²) in [4.78, 5) is 23.2. The van der Waals surface area contributed by atoms with E-state index in [1.807, 2.05) is 36.1 Å². The third-order valence-electron chi connectivity index (χ3n) is 5.97. The largest absolute Gasteiger partial charge is 0.338 e. The molecule has 2 aliphatic heterocycles. The van der Waals surface area contributed by atoms with E-state index in [2.05, 4.69) is 9.88 Å². The normalized spacial score (nSPS) is 19.6. The number of hydrogen-bond acceptors (Lipinski definition) is 4. The molecule has 0 unspecified atom stereocenters. The van der Waals surface area contributed by atoms with Gasteiger partial charge in [0.2, 0.25) is 0 Å².